The Labute approximate surface area is 294 Å². The summed E-state index contributed by atoms with van der Waals surface area (Å²) in [4.78, 5) is 22.4. The van der Waals surface area contributed by atoms with Crippen LogP contribution in [0.2, 0.25) is 0 Å². The first-order chi connectivity index (χ1) is 22.9. The molecular weight excluding hydrogens is 746 g/mol. The summed E-state index contributed by atoms with van der Waals surface area (Å²) in [6.07, 6.45) is 2.20. The number of rotatable bonds is 9. The van der Waals surface area contributed by atoms with Crippen LogP contribution in [0.1, 0.15) is 43.0 Å². The van der Waals surface area contributed by atoms with Crippen molar-refractivity contribution in [2.45, 2.75) is 25.7 Å². The number of sulfonamides is 2. The number of methoxy groups -OCH3 is 2. The standard InChI is InChI=1S/C17H18FNO4S.C9H8BrFO2.C8H11NO2S/c1-12-5-4-6-15(9-12)19(24(3,21)22)11-14-8-7-13(10-16(14)18)17(20)23-2;1-13-9(12)6-2-3-7(5-10)8(11)4-6;1-7-4-3-5-8(6-7)9-12(2,10)11/h4-10H,11H2,1-3H3;2-4H,5H2,1H3;3-6,9H,1-2H3. The summed E-state index contributed by atoms with van der Waals surface area (Å²) in [6, 6.07) is 22.2. The molecule has 0 bridgehead atoms. The van der Waals surface area contributed by atoms with Gasteiger partial charge in [0.2, 0.25) is 20.0 Å². The Morgan fingerprint density at radius 2 is 1.22 bits per heavy atom. The highest BCUT2D eigenvalue weighted by atomic mass is 79.9. The molecule has 4 rings (SSSR count). The molecule has 0 saturated heterocycles. The highest BCUT2D eigenvalue weighted by Crippen LogP contribution is 2.23. The summed E-state index contributed by atoms with van der Waals surface area (Å²) < 4.78 is 85.7. The zero-order valence-corrected chi connectivity index (χ0v) is 30.9. The maximum atomic E-state index is 14.3. The first-order valence-corrected chi connectivity index (χ1v) is 19.1. The van der Waals surface area contributed by atoms with Crippen molar-refractivity contribution in [3.8, 4) is 0 Å². The van der Waals surface area contributed by atoms with Gasteiger partial charge in [0.25, 0.3) is 0 Å². The minimum absolute atomic E-state index is 0.0696. The van der Waals surface area contributed by atoms with Crippen LogP contribution in [0.15, 0.2) is 84.9 Å². The van der Waals surface area contributed by atoms with Crippen LogP contribution in [-0.2, 0) is 41.4 Å². The summed E-state index contributed by atoms with van der Waals surface area (Å²) in [5.74, 6) is -2.25. The number of alkyl halides is 1. The molecule has 0 aliphatic heterocycles. The van der Waals surface area contributed by atoms with Crippen molar-refractivity contribution in [2.24, 2.45) is 0 Å². The fourth-order valence-electron chi connectivity index (χ4n) is 4.08. The van der Waals surface area contributed by atoms with Gasteiger partial charge in [-0.25, -0.2) is 35.2 Å². The van der Waals surface area contributed by atoms with Gasteiger partial charge in [0.05, 0.1) is 50.1 Å². The summed E-state index contributed by atoms with van der Waals surface area (Å²) in [5.41, 5.74) is 3.96. The molecule has 1 N–H and O–H groups in total. The number of ether oxygens (including phenoxy) is 2. The molecule has 0 radical (unpaired) electrons. The average Bonchev–Trinajstić information content (AvgIpc) is 3.02. The lowest BCUT2D eigenvalue weighted by Gasteiger charge is -2.23. The Morgan fingerprint density at radius 1 is 0.735 bits per heavy atom. The smallest absolute Gasteiger partial charge is 0.337 e. The van der Waals surface area contributed by atoms with E-state index in [0.29, 0.717) is 22.3 Å². The second kappa shape index (κ2) is 18.4. The Bertz CT molecular complexity index is 1990. The van der Waals surface area contributed by atoms with E-state index in [1.165, 1.54) is 38.5 Å². The molecule has 4 aromatic rings. The molecule has 264 valence electrons. The molecule has 10 nitrogen and oxygen atoms in total. The summed E-state index contributed by atoms with van der Waals surface area (Å²) in [6.45, 7) is 3.58. The lowest BCUT2D eigenvalue weighted by atomic mass is 10.1. The third-order valence-electron chi connectivity index (χ3n) is 6.42. The van der Waals surface area contributed by atoms with Crippen LogP contribution in [0.5, 0.6) is 0 Å². The number of carbonyl (C=O) groups excluding carboxylic acids is 2. The maximum absolute atomic E-state index is 14.3. The Morgan fingerprint density at radius 3 is 1.63 bits per heavy atom. The number of nitrogens with one attached hydrogen (secondary N) is 1. The van der Waals surface area contributed by atoms with Gasteiger partial charge >= 0.3 is 11.9 Å². The van der Waals surface area contributed by atoms with Gasteiger partial charge in [-0.15, -0.1) is 0 Å². The van der Waals surface area contributed by atoms with E-state index >= 15 is 0 Å². The summed E-state index contributed by atoms with van der Waals surface area (Å²) >= 11 is 3.13. The zero-order chi connectivity index (χ0) is 36.9. The second-order valence-electron chi connectivity index (χ2n) is 10.6. The Hall–Kier alpha value is -4.34. The van der Waals surface area contributed by atoms with Crippen molar-refractivity contribution in [1.29, 1.82) is 0 Å². The lowest BCUT2D eigenvalue weighted by molar-refractivity contribution is 0.0591. The van der Waals surface area contributed by atoms with E-state index in [1.807, 2.05) is 32.0 Å². The normalized spacial score (nSPS) is 10.8. The van der Waals surface area contributed by atoms with E-state index in [0.717, 1.165) is 34.0 Å². The molecule has 0 saturated carbocycles. The molecule has 0 unspecified atom stereocenters. The maximum Gasteiger partial charge on any atom is 0.337 e. The molecular formula is C34H37BrF2N2O8S2. The first-order valence-electron chi connectivity index (χ1n) is 14.3. The molecule has 4 aromatic carbocycles. The Kier molecular flexibility index (Phi) is 15.4. The summed E-state index contributed by atoms with van der Waals surface area (Å²) in [7, 11) is -4.28. The molecule has 49 heavy (non-hydrogen) atoms. The van der Waals surface area contributed by atoms with Crippen LogP contribution in [0.4, 0.5) is 20.2 Å². The van der Waals surface area contributed by atoms with Crippen molar-refractivity contribution in [3.63, 3.8) is 0 Å². The lowest BCUT2D eigenvalue weighted by Crippen LogP contribution is -2.29. The molecule has 0 aliphatic carbocycles. The SMILES string of the molecule is COC(=O)c1ccc(CBr)c(F)c1.COC(=O)c1ccc(CN(c2cccc(C)c2)S(C)(=O)=O)c(F)c1.Cc1cccc(NS(C)(=O)=O)c1. The fraction of sp³-hybridized carbons (Fsp3) is 0.235. The molecule has 0 aromatic heterocycles. The van der Waals surface area contributed by atoms with E-state index in [2.05, 4.69) is 30.1 Å². The van der Waals surface area contributed by atoms with E-state index in [9.17, 15) is 35.2 Å². The van der Waals surface area contributed by atoms with Crippen molar-refractivity contribution in [2.75, 3.05) is 35.8 Å². The van der Waals surface area contributed by atoms with Gasteiger partial charge < -0.3 is 9.47 Å². The van der Waals surface area contributed by atoms with Gasteiger partial charge in [0.1, 0.15) is 11.6 Å². The van der Waals surface area contributed by atoms with Crippen molar-refractivity contribution in [3.05, 3.63) is 130 Å². The largest absolute Gasteiger partial charge is 0.465 e. The molecule has 0 fully saturated rings. The molecule has 0 heterocycles. The fourth-order valence-corrected chi connectivity index (χ4v) is 5.96. The van der Waals surface area contributed by atoms with Crippen LogP contribution in [0.3, 0.4) is 0 Å². The number of aryl methyl sites for hydroxylation is 2. The minimum atomic E-state index is -3.61. The average molecular weight is 784 g/mol. The number of nitrogens with zero attached hydrogens (tertiary/aromatic N) is 1. The van der Waals surface area contributed by atoms with E-state index < -0.39 is 43.6 Å². The number of carbonyl (C=O) groups is 2. The number of benzene rings is 4. The first kappa shape index (κ1) is 40.8. The molecule has 0 aliphatic rings. The third kappa shape index (κ3) is 13.6. The van der Waals surface area contributed by atoms with E-state index in [1.54, 1.807) is 36.4 Å². The predicted molar refractivity (Wildman–Crippen MR) is 190 cm³/mol. The second-order valence-corrected chi connectivity index (χ2v) is 14.8. The van der Waals surface area contributed by atoms with Gasteiger partial charge in [-0.2, -0.15) is 0 Å². The topological polar surface area (TPSA) is 136 Å². The van der Waals surface area contributed by atoms with Gasteiger partial charge in [-0.3, -0.25) is 9.03 Å². The monoisotopic (exact) mass is 782 g/mol. The molecule has 15 heteroatoms. The Balaban J connectivity index is 0.000000281. The van der Waals surface area contributed by atoms with Gasteiger partial charge in [0.15, 0.2) is 0 Å². The quantitative estimate of drug-likeness (QED) is 0.145. The van der Waals surface area contributed by atoms with Crippen molar-refractivity contribution < 1.29 is 44.7 Å². The van der Waals surface area contributed by atoms with Gasteiger partial charge in [0, 0.05) is 16.6 Å². The van der Waals surface area contributed by atoms with Gasteiger partial charge in [-0.05, 0) is 79.1 Å². The molecule has 0 atom stereocenters. The molecule has 0 amide bonds. The summed E-state index contributed by atoms with van der Waals surface area (Å²) in [5, 5.41) is 0.431. The van der Waals surface area contributed by atoms with E-state index in [-0.39, 0.29) is 23.2 Å². The number of hydrogen-bond acceptors (Lipinski definition) is 8. The van der Waals surface area contributed by atoms with E-state index in [4.69, 9.17) is 0 Å². The van der Waals surface area contributed by atoms with Crippen LogP contribution in [0, 0.1) is 25.5 Å². The van der Waals surface area contributed by atoms with Crippen LogP contribution < -0.4 is 9.03 Å². The van der Waals surface area contributed by atoms with Gasteiger partial charge in [-0.1, -0.05) is 52.3 Å². The van der Waals surface area contributed by atoms with Crippen molar-refractivity contribution >= 4 is 59.3 Å². The number of anilines is 2. The van der Waals surface area contributed by atoms with Crippen molar-refractivity contribution in [1.82, 2.24) is 0 Å². The highest BCUT2D eigenvalue weighted by Gasteiger charge is 2.20. The zero-order valence-electron chi connectivity index (χ0n) is 27.7. The predicted octanol–water partition coefficient (Wildman–Crippen LogP) is 6.76. The highest BCUT2D eigenvalue weighted by molar-refractivity contribution is 9.08. The van der Waals surface area contributed by atoms with Crippen LogP contribution >= 0.6 is 15.9 Å². The molecule has 0 spiro atoms. The number of halogens is 3. The van der Waals surface area contributed by atoms with Crippen LogP contribution in [0.25, 0.3) is 0 Å². The number of hydrogen-bond donors (Lipinski definition) is 1. The minimum Gasteiger partial charge on any atom is -0.465 e. The number of esters is 2. The third-order valence-corrected chi connectivity index (χ3v) is 8.77. The van der Waals surface area contributed by atoms with Crippen LogP contribution in [-0.4, -0.2) is 55.5 Å².